The van der Waals surface area contributed by atoms with Crippen LogP contribution >= 0.6 is 0 Å². The van der Waals surface area contributed by atoms with Gasteiger partial charge in [-0.05, 0) is 31.2 Å². The first-order chi connectivity index (χ1) is 8.22. The number of halogens is 5. The minimum Gasteiger partial charge on any atom is -0.399 e. The fourth-order valence-electron chi connectivity index (χ4n) is 0.962. The topological polar surface area (TPSA) is 38.4 Å². The van der Waals surface area contributed by atoms with Gasteiger partial charge in [0, 0.05) is 17.8 Å². The molecule has 0 aromatic heterocycles. The molecule has 1 aromatic carbocycles. The summed E-state index contributed by atoms with van der Waals surface area (Å²) in [5.74, 6) is 0. The highest BCUT2D eigenvalue weighted by molar-refractivity contribution is 5.84. The monoisotopic (exact) mass is 268 g/mol. The number of nitrogens with zero attached hydrogens (tertiary/aromatic N) is 1. The summed E-state index contributed by atoms with van der Waals surface area (Å²) in [7, 11) is 0. The van der Waals surface area contributed by atoms with Crippen molar-refractivity contribution in [1.29, 1.82) is 0 Å². The van der Waals surface area contributed by atoms with E-state index in [0.29, 0.717) is 12.1 Å². The second kappa shape index (κ2) is 7.62. The van der Waals surface area contributed by atoms with E-state index in [4.69, 9.17) is 5.73 Å². The minimum atomic E-state index is -5.50. The Kier molecular flexibility index (Phi) is 6.92. The lowest BCUT2D eigenvalue weighted by Gasteiger charge is -1.97. The molecule has 0 atom stereocenters. The molecule has 0 aliphatic rings. The molecular formula is C11H13F5N2. The van der Waals surface area contributed by atoms with Gasteiger partial charge in [0.1, 0.15) is 0 Å². The molecule has 18 heavy (non-hydrogen) atoms. The third-order valence-electron chi connectivity index (χ3n) is 1.67. The fourth-order valence-corrected chi connectivity index (χ4v) is 0.962. The molecule has 0 bridgehead atoms. The van der Waals surface area contributed by atoms with Crippen molar-refractivity contribution in [3.63, 3.8) is 0 Å². The summed E-state index contributed by atoms with van der Waals surface area (Å²) in [5.41, 5.74) is 7.84. The average molecular weight is 268 g/mol. The number of alkyl halides is 5. The normalized spacial score (nSPS) is 11.8. The van der Waals surface area contributed by atoms with Crippen LogP contribution in [-0.2, 0) is 0 Å². The van der Waals surface area contributed by atoms with Crippen LogP contribution in [0.4, 0.5) is 33.3 Å². The molecule has 2 nitrogen and oxygen atoms in total. The number of nitrogen functional groups attached to an aromatic ring is 1. The maximum absolute atomic E-state index is 11.9. The second-order valence-electron chi connectivity index (χ2n) is 3.31. The second-order valence-corrected chi connectivity index (χ2v) is 3.31. The Morgan fingerprint density at radius 2 is 1.61 bits per heavy atom. The van der Waals surface area contributed by atoms with Crippen molar-refractivity contribution in [3.05, 3.63) is 24.3 Å². The van der Waals surface area contributed by atoms with Crippen LogP contribution in [0.25, 0.3) is 0 Å². The molecule has 1 aromatic rings. The quantitative estimate of drug-likeness (QED) is 0.498. The molecule has 0 heterocycles. The third-order valence-corrected chi connectivity index (χ3v) is 1.67. The van der Waals surface area contributed by atoms with E-state index in [1.54, 1.807) is 12.1 Å². The van der Waals surface area contributed by atoms with Gasteiger partial charge < -0.3 is 5.73 Å². The van der Waals surface area contributed by atoms with Gasteiger partial charge in [-0.1, -0.05) is 0 Å². The van der Waals surface area contributed by atoms with E-state index in [1.165, 1.54) is 0 Å². The summed E-state index contributed by atoms with van der Waals surface area (Å²) < 4.78 is 50.7. The summed E-state index contributed by atoms with van der Waals surface area (Å²) >= 11 is 0. The Hall–Kier alpha value is -1.66. The average Bonchev–Trinajstić information content (AvgIpc) is 2.19. The van der Waals surface area contributed by atoms with Gasteiger partial charge in [0.25, 0.3) is 0 Å². The SMILES string of the molecule is CC(CCF)=Nc1ccc(N)cc1.FC(F)(F)F. The van der Waals surface area contributed by atoms with Crippen LogP contribution in [0.15, 0.2) is 29.3 Å². The van der Waals surface area contributed by atoms with Crippen LogP contribution in [0, 0.1) is 0 Å². The van der Waals surface area contributed by atoms with Crippen molar-refractivity contribution in [1.82, 2.24) is 0 Å². The molecule has 7 heteroatoms. The predicted molar refractivity (Wildman–Crippen MR) is 61.4 cm³/mol. The Labute approximate surface area is 101 Å². The highest BCUT2D eigenvalue weighted by Gasteiger charge is 2.24. The smallest absolute Gasteiger partial charge is 0.399 e. The van der Waals surface area contributed by atoms with Crippen LogP contribution in [0.2, 0.25) is 0 Å². The number of hydrogen-bond acceptors (Lipinski definition) is 2. The molecule has 0 amide bonds. The van der Waals surface area contributed by atoms with Gasteiger partial charge in [-0.2, -0.15) is 0 Å². The number of aliphatic imine (C=N–C) groups is 1. The van der Waals surface area contributed by atoms with Gasteiger partial charge >= 0.3 is 6.43 Å². The zero-order valence-electron chi connectivity index (χ0n) is 9.64. The van der Waals surface area contributed by atoms with Gasteiger partial charge in [0.05, 0.1) is 12.4 Å². The van der Waals surface area contributed by atoms with E-state index in [1.807, 2.05) is 19.1 Å². The Morgan fingerprint density at radius 1 is 1.17 bits per heavy atom. The summed E-state index contributed by atoms with van der Waals surface area (Å²) in [5, 5.41) is 0. The minimum absolute atomic E-state index is 0.357. The molecule has 0 fully saturated rings. The van der Waals surface area contributed by atoms with E-state index in [9.17, 15) is 22.0 Å². The van der Waals surface area contributed by atoms with Gasteiger partial charge in [0.2, 0.25) is 0 Å². The van der Waals surface area contributed by atoms with Gasteiger partial charge in [-0.25, -0.2) is 0 Å². The van der Waals surface area contributed by atoms with E-state index in [0.717, 1.165) is 11.4 Å². The highest BCUT2D eigenvalue weighted by Crippen LogP contribution is 2.15. The molecule has 2 N–H and O–H groups in total. The standard InChI is InChI=1S/C10H13FN2.CF4/c1-8(6-7-11)13-10-4-2-9(12)3-5-10;2-1(3,4)5/h2-5H,6-7,12H2,1H3;. The predicted octanol–water partition coefficient (Wildman–Crippen LogP) is 4.20. The Morgan fingerprint density at radius 3 is 2.00 bits per heavy atom. The molecular weight excluding hydrogens is 255 g/mol. The Bertz CT molecular complexity index is 364. The zero-order chi connectivity index (χ0) is 14.2. The number of rotatable bonds is 3. The summed E-state index contributed by atoms with van der Waals surface area (Å²) in [4.78, 5) is 4.21. The van der Waals surface area contributed by atoms with Crippen LogP contribution in [0.1, 0.15) is 13.3 Å². The molecule has 0 aliphatic heterocycles. The van der Waals surface area contributed by atoms with Crippen molar-refractivity contribution in [3.8, 4) is 0 Å². The summed E-state index contributed by atoms with van der Waals surface area (Å²) in [6, 6.07) is 7.19. The van der Waals surface area contributed by atoms with Crippen LogP contribution < -0.4 is 5.73 Å². The molecule has 0 saturated carbocycles. The zero-order valence-corrected chi connectivity index (χ0v) is 9.64. The van der Waals surface area contributed by atoms with Crippen LogP contribution in [0.3, 0.4) is 0 Å². The summed E-state index contributed by atoms with van der Waals surface area (Å²) in [6.45, 7) is 1.46. The number of hydrogen-bond donors (Lipinski definition) is 1. The largest absolute Gasteiger partial charge is 0.559 e. The lowest BCUT2D eigenvalue weighted by molar-refractivity contribution is -0.237. The third kappa shape index (κ3) is 10.8. The van der Waals surface area contributed by atoms with Crippen molar-refractivity contribution >= 4 is 17.1 Å². The molecule has 0 radical (unpaired) electrons. The van der Waals surface area contributed by atoms with E-state index in [-0.39, 0.29) is 6.67 Å². The molecule has 102 valence electrons. The first-order valence-electron chi connectivity index (χ1n) is 4.93. The Balaban J connectivity index is 0.000000494. The number of nitrogens with two attached hydrogens (primary N) is 1. The number of anilines is 1. The summed E-state index contributed by atoms with van der Waals surface area (Å²) in [6.07, 6.45) is -5.11. The van der Waals surface area contributed by atoms with Gasteiger partial charge in [0.15, 0.2) is 0 Å². The van der Waals surface area contributed by atoms with Crippen molar-refractivity contribution in [2.24, 2.45) is 4.99 Å². The maximum atomic E-state index is 11.9. The van der Waals surface area contributed by atoms with Crippen LogP contribution in [0.5, 0.6) is 0 Å². The molecule has 0 unspecified atom stereocenters. The van der Waals surface area contributed by atoms with E-state index >= 15 is 0 Å². The highest BCUT2D eigenvalue weighted by atomic mass is 19.5. The van der Waals surface area contributed by atoms with Crippen molar-refractivity contribution in [2.45, 2.75) is 19.8 Å². The molecule has 0 spiro atoms. The van der Waals surface area contributed by atoms with Gasteiger partial charge in [-0.3, -0.25) is 9.38 Å². The lowest BCUT2D eigenvalue weighted by atomic mass is 10.2. The molecule has 0 saturated heterocycles. The molecule has 1 rings (SSSR count). The van der Waals surface area contributed by atoms with Crippen molar-refractivity contribution < 1.29 is 22.0 Å². The number of benzene rings is 1. The van der Waals surface area contributed by atoms with Crippen molar-refractivity contribution in [2.75, 3.05) is 12.4 Å². The first-order valence-corrected chi connectivity index (χ1v) is 4.93. The van der Waals surface area contributed by atoms with Crippen LogP contribution in [-0.4, -0.2) is 18.8 Å². The van der Waals surface area contributed by atoms with Gasteiger partial charge in [-0.15, -0.1) is 17.6 Å². The molecule has 0 aliphatic carbocycles. The van der Waals surface area contributed by atoms with E-state index < -0.39 is 6.43 Å². The first kappa shape index (κ1) is 16.3. The fraction of sp³-hybridized carbons (Fsp3) is 0.364. The maximum Gasteiger partial charge on any atom is 0.559 e. The van der Waals surface area contributed by atoms with E-state index in [2.05, 4.69) is 4.99 Å². The lowest BCUT2D eigenvalue weighted by Crippen LogP contribution is -1.92.